The molecule has 6 heterocycles. The summed E-state index contributed by atoms with van der Waals surface area (Å²) in [6.07, 6.45) is 9.40. The fourth-order valence-corrected chi connectivity index (χ4v) is 12.8. The normalized spacial score (nSPS) is 14.1. The Morgan fingerprint density at radius 1 is 0.490 bits per heavy atom. The molecular weight excluding hydrogens is 659 g/mol. The van der Waals surface area contributed by atoms with E-state index in [2.05, 4.69) is 120 Å². The summed E-state index contributed by atoms with van der Waals surface area (Å²) in [5.41, 5.74) is 5.75. The molecule has 0 aliphatic carbocycles. The van der Waals surface area contributed by atoms with Gasteiger partial charge in [0.2, 0.25) is 0 Å². The second kappa shape index (κ2) is 11.9. The van der Waals surface area contributed by atoms with Gasteiger partial charge in [-0.05, 0) is 69.4 Å². The second-order valence-corrected chi connectivity index (χ2v) is 21.7. The fourth-order valence-electron chi connectivity index (χ4n) is 8.63. The van der Waals surface area contributed by atoms with Crippen LogP contribution in [0.5, 0.6) is 0 Å². The largest absolute Gasteiger partial charge is 0.255 e. The molecule has 0 bridgehead atoms. The molecule has 0 spiro atoms. The summed E-state index contributed by atoms with van der Waals surface area (Å²) in [5, 5.41) is 10.3. The summed E-state index contributed by atoms with van der Waals surface area (Å²) in [4.78, 5) is 20.9. The van der Waals surface area contributed by atoms with Gasteiger partial charge in [0, 0.05) is 49.4 Å². The van der Waals surface area contributed by atoms with Crippen LogP contribution in [-0.2, 0) is 32.5 Å². The van der Waals surface area contributed by atoms with E-state index < -0.39 is 0 Å². The molecular formula is C41H53N5S3. The van der Waals surface area contributed by atoms with Gasteiger partial charge in [-0.1, -0.05) is 96.9 Å². The fraction of sp³-hybridized carbons (Fsp3) is 0.537. The van der Waals surface area contributed by atoms with Crippen LogP contribution < -0.4 is 0 Å². The van der Waals surface area contributed by atoms with Gasteiger partial charge in [-0.15, -0.1) is 39.1 Å². The number of rotatable bonds is 8. The number of pyridine rings is 1. The number of fused-ring (bicyclic) bond motifs is 3. The lowest BCUT2D eigenvalue weighted by atomic mass is 9.64. The Morgan fingerprint density at radius 3 is 1.69 bits per heavy atom. The minimum absolute atomic E-state index is 0.0254. The first-order chi connectivity index (χ1) is 22.5. The zero-order valence-corrected chi connectivity index (χ0v) is 34.4. The molecule has 0 atom stereocenters. The highest BCUT2D eigenvalue weighted by Crippen LogP contribution is 2.54. The third kappa shape index (κ3) is 6.46. The number of hydrogen-bond acceptors (Lipinski definition) is 8. The average Bonchev–Trinajstić information content (AvgIpc) is 3.68. The topological polar surface area (TPSA) is 64.5 Å². The minimum atomic E-state index is -0.166. The van der Waals surface area contributed by atoms with Crippen molar-refractivity contribution in [2.45, 2.75) is 142 Å². The first-order valence-corrected chi connectivity index (χ1v) is 19.9. The summed E-state index contributed by atoms with van der Waals surface area (Å²) in [6, 6.07) is 6.49. The van der Waals surface area contributed by atoms with Crippen LogP contribution >= 0.6 is 34.0 Å². The summed E-state index contributed by atoms with van der Waals surface area (Å²) >= 11 is 5.57. The maximum atomic E-state index is 4.97. The number of aromatic nitrogens is 5. The van der Waals surface area contributed by atoms with Crippen molar-refractivity contribution in [3.8, 4) is 0 Å². The molecule has 0 saturated carbocycles. The lowest BCUT2D eigenvalue weighted by Gasteiger charge is -2.41. The van der Waals surface area contributed by atoms with Crippen molar-refractivity contribution in [2.24, 2.45) is 0 Å². The highest BCUT2D eigenvalue weighted by atomic mass is 32.1. The van der Waals surface area contributed by atoms with Crippen LogP contribution in [-0.4, -0.2) is 25.1 Å². The molecule has 0 aromatic carbocycles. The first kappa shape index (κ1) is 36.0. The predicted octanol–water partition coefficient (Wildman–Crippen LogP) is 12.2. The molecule has 0 radical (unpaired) electrons. The molecule has 0 N–H and O–H groups in total. The van der Waals surface area contributed by atoms with Crippen molar-refractivity contribution < 1.29 is 0 Å². The minimum Gasteiger partial charge on any atom is -0.255 e. The van der Waals surface area contributed by atoms with Crippen LogP contribution in [0.4, 0.5) is 0 Å². The maximum Gasteiger partial charge on any atom is 0.146 e. The molecule has 0 aliphatic heterocycles. The van der Waals surface area contributed by atoms with E-state index in [1.54, 1.807) is 0 Å². The molecule has 0 unspecified atom stereocenters. The van der Waals surface area contributed by atoms with Crippen LogP contribution in [0.3, 0.4) is 0 Å². The molecule has 0 aliphatic rings. The summed E-state index contributed by atoms with van der Waals surface area (Å²) in [6.45, 7) is 33.4. The van der Waals surface area contributed by atoms with E-state index in [1.165, 1.54) is 41.4 Å². The molecule has 0 saturated heterocycles. The van der Waals surface area contributed by atoms with E-state index in [4.69, 9.17) is 20.1 Å². The third-order valence-electron chi connectivity index (χ3n) is 9.94. The van der Waals surface area contributed by atoms with E-state index >= 15 is 0 Å². The molecule has 6 rings (SSSR count). The van der Waals surface area contributed by atoms with Crippen molar-refractivity contribution in [3.63, 3.8) is 0 Å². The van der Waals surface area contributed by atoms with Gasteiger partial charge < -0.3 is 0 Å². The van der Waals surface area contributed by atoms with Crippen molar-refractivity contribution >= 4 is 64.8 Å². The van der Waals surface area contributed by atoms with Crippen LogP contribution in [0.2, 0.25) is 0 Å². The zero-order valence-electron chi connectivity index (χ0n) is 31.9. The Labute approximate surface area is 305 Å². The van der Waals surface area contributed by atoms with Crippen molar-refractivity contribution in [3.05, 3.63) is 74.3 Å². The van der Waals surface area contributed by atoms with Gasteiger partial charge in [0.05, 0.1) is 16.4 Å². The van der Waals surface area contributed by atoms with Crippen LogP contribution in [0.25, 0.3) is 30.8 Å². The molecule has 49 heavy (non-hydrogen) atoms. The van der Waals surface area contributed by atoms with Gasteiger partial charge in [0.15, 0.2) is 0 Å². The Hall–Kier alpha value is -2.81. The van der Waals surface area contributed by atoms with Crippen LogP contribution in [0.15, 0.2) is 43.0 Å². The smallest absolute Gasteiger partial charge is 0.146 e. The lowest BCUT2D eigenvalue weighted by molar-refractivity contribution is 0.327. The average molecular weight is 712 g/mol. The van der Waals surface area contributed by atoms with Gasteiger partial charge in [-0.3, -0.25) is 9.97 Å². The molecule has 6 aromatic rings. The molecule has 5 nitrogen and oxygen atoms in total. The van der Waals surface area contributed by atoms with Crippen molar-refractivity contribution in [1.82, 2.24) is 25.1 Å². The molecule has 0 amide bonds. The van der Waals surface area contributed by atoms with Gasteiger partial charge in [-0.25, -0.2) is 4.98 Å². The van der Waals surface area contributed by atoms with Crippen molar-refractivity contribution in [2.75, 3.05) is 0 Å². The molecule has 8 heteroatoms. The third-order valence-corrected chi connectivity index (χ3v) is 14.4. The standard InChI is InChI=1S/C41H53N5S3/c1-36(2,3)27-30-35(44-21-20-43-30)49-33(27)41(13,14)22-38(7,8)26-24-17-19-45-46-34(24)48-32(26)40(11,12)23-39(9,10)28-29-25(16-15-18-42-29)47-31(28)37(4,5)6/h15-21H,22-23H2,1-14H3. The highest BCUT2D eigenvalue weighted by Gasteiger charge is 2.44. The molecule has 6 aromatic heterocycles. The summed E-state index contributed by atoms with van der Waals surface area (Å²) < 4.78 is 1.27. The number of hydrogen-bond donors (Lipinski definition) is 0. The summed E-state index contributed by atoms with van der Waals surface area (Å²) in [7, 11) is 0. The highest BCUT2D eigenvalue weighted by molar-refractivity contribution is 7.19. The Morgan fingerprint density at radius 2 is 1.06 bits per heavy atom. The first-order valence-electron chi connectivity index (χ1n) is 17.4. The van der Waals surface area contributed by atoms with Crippen molar-refractivity contribution in [1.29, 1.82) is 0 Å². The Kier molecular flexibility index (Phi) is 8.73. The van der Waals surface area contributed by atoms with E-state index in [0.29, 0.717) is 0 Å². The quantitative estimate of drug-likeness (QED) is 0.157. The van der Waals surface area contributed by atoms with Gasteiger partial charge in [0.1, 0.15) is 15.2 Å². The van der Waals surface area contributed by atoms with E-state index in [9.17, 15) is 0 Å². The van der Waals surface area contributed by atoms with Gasteiger partial charge in [-0.2, -0.15) is 5.10 Å². The number of thiophene rings is 3. The van der Waals surface area contributed by atoms with Gasteiger partial charge >= 0.3 is 0 Å². The predicted molar refractivity (Wildman–Crippen MR) is 213 cm³/mol. The molecule has 0 fully saturated rings. The van der Waals surface area contributed by atoms with Crippen LogP contribution in [0, 0.1) is 0 Å². The number of nitrogens with zero attached hydrogens (tertiary/aromatic N) is 5. The second-order valence-electron chi connectivity index (χ2n) is 18.6. The van der Waals surface area contributed by atoms with E-state index in [0.717, 1.165) is 33.5 Å². The maximum absolute atomic E-state index is 4.97. The molecule has 260 valence electrons. The van der Waals surface area contributed by atoms with Gasteiger partial charge in [0.25, 0.3) is 0 Å². The van der Waals surface area contributed by atoms with E-state index in [-0.39, 0.29) is 32.5 Å². The SMILES string of the molecule is CC(C)(C)c1sc2cccnc2c1C(C)(C)CC(C)(C)c1sc2nnccc2c1C(C)(C)CC(C)(C)c1sc2nccnc2c1C(C)(C)C. The summed E-state index contributed by atoms with van der Waals surface area (Å²) in [5.74, 6) is 0. The monoisotopic (exact) mass is 711 g/mol. The lowest BCUT2D eigenvalue weighted by Crippen LogP contribution is -2.35. The zero-order chi connectivity index (χ0) is 35.9. The Balaban J connectivity index is 1.47. The van der Waals surface area contributed by atoms with Crippen LogP contribution in [0.1, 0.15) is 141 Å². The Bertz CT molecular complexity index is 2160. The van der Waals surface area contributed by atoms with E-state index in [1.807, 2.05) is 58.8 Å².